The Labute approximate surface area is 134 Å². The number of benzene rings is 1. The van der Waals surface area contributed by atoms with Crippen LogP contribution < -0.4 is 4.72 Å². The highest BCUT2D eigenvalue weighted by molar-refractivity contribution is 7.89. The van der Waals surface area contributed by atoms with E-state index in [0.29, 0.717) is 18.9 Å². The minimum atomic E-state index is -4.56. The molecule has 0 amide bonds. The molecule has 0 bridgehead atoms. The third-order valence-electron chi connectivity index (χ3n) is 3.92. The molecule has 1 aromatic rings. The monoisotopic (exact) mass is 350 g/mol. The van der Waals surface area contributed by atoms with E-state index in [1.54, 1.807) is 0 Å². The largest absolute Gasteiger partial charge is 0.416 e. The van der Waals surface area contributed by atoms with Crippen LogP contribution in [0.15, 0.2) is 29.2 Å². The van der Waals surface area contributed by atoms with Crippen LogP contribution in [-0.4, -0.2) is 39.0 Å². The van der Waals surface area contributed by atoms with Gasteiger partial charge in [-0.05, 0) is 57.1 Å². The molecular weight excluding hydrogens is 329 g/mol. The van der Waals surface area contributed by atoms with Gasteiger partial charge in [0.15, 0.2) is 0 Å². The van der Waals surface area contributed by atoms with Gasteiger partial charge in [0.1, 0.15) is 0 Å². The number of hydrogen-bond acceptors (Lipinski definition) is 3. The second-order valence-corrected chi connectivity index (χ2v) is 7.48. The number of sulfonamides is 1. The number of likely N-dealkylation sites (tertiary alicyclic amines) is 1. The SMILES string of the molecule is CCCN1CCC(NS(=O)(=O)c2cccc(C(F)(F)F)c2)CC1. The van der Waals surface area contributed by atoms with Crippen molar-refractivity contribution >= 4 is 10.0 Å². The van der Waals surface area contributed by atoms with Crippen molar-refractivity contribution in [2.24, 2.45) is 0 Å². The summed E-state index contributed by atoms with van der Waals surface area (Å²) in [6.07, 6.45) is -2.19. The lowest BCUT2D eigenvalue weighted by Crippen LogP contribution is -2.44. The fourth-order valence-electron chi connectivity index (χ4n) is 2.72. The highest BCUT2D eigenvalue weighted by atomic mass is 32.2. The summed E-state index contributed by atoms with van der Waals surface area (Å²) in [5.41, 5.74) is -0.960. The molecule has 4 nitrogen and oxygen atoms in total. The third-order valence-corrected chi connectivity index (χ3v) is 5.44. The number of piperidine rings is 1. The summed E-state index contributed by atoms with van der Waals surface area (Å²) in [6, 6.07) is 3.60. The van der Waals surface area contributed by atoms with Gasteiger partial charge in [0.25, 0.3) is 0 Å². The van der Waals surface area contributed by atoms with Gasteiger partial charge in [-0.3, -0.25) is 0 Å². The van der Waals surface area contributed by atoms with Crippen LogP contribution in [0.5, 0.6) is 0 Å². The van der Waals surface area contributed by atoms with E-state index in [-0.39, 0.29) is 10.9 Å². The Kier molecular flexibility index (Phi) is 5.70. The minimum Gasteiger partial charge on any atom is -0.303 e. The molecule has 1 aliphatic heterocycles. The number of nitrogens with zero attached hydrogens (tertiary/aromatic N) is 1. The highest BCUT2D eigenvalue weighted by Crippen LogP contribution is 2.30. The molecule has 1 fully saturated rings. The summed E-state index contributed by atoms with van der Waals surface area (Å²) in [7, 11) is -3.94. The molecule has 0 spiro atoms. The third kappa shape index (κ3) is 4.92. The predicted molar refractivity (Wildman–Crippen MR) is 81.5 cm³/mol. The summed E-state index contributed by atoms with van der Waals surface area (Å²) in [6.45, 7) is 4.66. The van der Waals surface area contributed by atoms with E-state index < -0.39 is 21.8 Å². The maximum absolute atomic E-state index is 12.7. The van der Waals surface area contributed by atoms with Gasteiger partial charge >= 0.3 is 6.18 Å². The smallest absolute Gasteiger partial charge is 0.303 e. The Morgan fingerprint density at radius 3 is 2.48 bits per heavy atom. The molecule has 1 aromatic carbocycles. The second-order valence-electron chi connectivity index (χ2n) is 5.76. The fraction of sp³-hybridized carbons (Fsp3) is 0.600. The molecule has 0 aliphatic carbocycles. The van der Waals surface area contributed by atoms with Gasteiger partial charge in [0, 0.05) is 6.04 Å². The van der Waals surface area contributed by atoms with E-state index in [9.17, 15) is 21.6 Å². The van der Waals surface area contributed by atoms with Crippen LogP contribution in [0.3, 0.4) is 0 Å². The molecule has 8 heteroatoms. The Hall–Kier alpha value is -1.12. The van der Waals surface area contributed by atoms with Gasteiger partial charge in [-0.25, -0.2) is 13.1 Å². The van der Waals surface area contributed by atoms with Crippen molar-refractivity contribution in [3.05, 3.63) is 29.8 Å². The molecule has 1 N–H and O–H groups in total. The molecule has 0 saturated carbocycles. The van der Waals surface area contributed by atoms with Crippen LogP contribution >= 0.6 is 0 Å². The van der Waals surface area contributed by atoms with Crippen molar-refractivity contribution in [3.63, 3.8) is 0 Å². The number of rotatable bonds is 5. The molecule has 0 unspecified atom stereocenters. The molecule has 0 atom stereocenters. The number of hydrogen-bond donors (Lipinski definition) is 1. The van der Waals surface area contributed by atoms with E-state index in [4.69, 9.17) is 0 Å². The lowest BCUT2D eigenvalue weighted by molar-refractivity contribution is -0.137. The van der Waals surface area contributed by atoms with Crippen LogP contribution in [-0.2, 0) is 16.2 Å². The lowest BCUT2D eigenvalue weighted by Gasteiger charge is -2.31. The first kappa shape index (κ1) is 18.2. The maximum atomic E-state index is 12.7. The molecule has 0 aromatic heterocycles. The molecule has 130 valence electrons. The van der Waals surface area contributed by atoms with E-state index in [0.717, 1.165) is 38.2 Å². The number of halogens is 3. The van der Waals surface area contributed by atoms with Crippen molar-refractivity contribution in [2.45, 2.75) is 43.3 Å². The second kappa shape index (κ2) is 7.19. The Bertz CT molecular complexity index is 624. The lowest BCUT2D eigenvalue weighted by atomic mass is 10.1. The molecule has 0 radical (unpaired) electrons. The summed E-state index contributed by atoms with van der Waals surface area (Å²) >= 11 is 0. The van der Waals surface area contributed by atoms with E-state index in [1.165, 1.54) is 6.07 Å². The van der Waals surface area contributed by atoms with Gasteiger partial charge in [-0.1, -0.05) is 13.0 Å². The van der Waals surface area contributed by atoms with Gasteiger partial charge in [0.05, 0.1) is 10.5 Å². The summed E-state index contributed by atoms with van der Waals surface area (Å²) < 4.78 is 65.2. The van der Waals surface area contributed by atoms with Crippen molar-refractivity contribution in [1.82, 2.24) is 9.62 Å². The van der Waals surface area contributed by atoms with Gasteiger partial charge in [-0.2, -0.15) is 13.2 Å². The Morgan fingerprint density at radius 1 is 1.26 bits per heavy atom. The summed E-state index contributed by atoms with van der Waals surface area (Å²) in [4.78, 5) is 1.91. The van der Waals surface area contributed by atoms with Crippen LogP contribution in [0.2, 0.25) is 0 Å². The average Bonchev–Trinajstić information content (AvgIpc) is 2.49. The summed E-state index contributed by atoms with van der Waals surface area (Å²) in [5.74, 6) is 0. The van der Waals surface area contributed by atoms with Crippen molar-refractivity contribution in [2.75, 3.05) is 19.6 Å². The Balaban J connectivity index is 2.05. The average molecular weight is 350 g/mol. The molecule has 1 heterocycles. The standard InChI is InChI=1S/C15H21F3N2O2S/c1-2-8-20-9-6-13(7-10-20)19-23(21,22)14-5-3-4-12(11-14)15(16,17)18/h3-5,11,13,19H,2,6-10H2,1H3. The van der Waals surface area contributed by atoms with Crippen LogP contribution in [0, 0.1) is 0 Å². The summed E-state index contributed by atoms with van der Waals surface area (Å²) in [5, 5.41) is 0. The van der Waals surface area contributed by atoms with E-state index in [1.807, 2.05) is 0 Å². The topological polar surface area (TPSA) is 49.4 Å². The van der Waals surface area contributed by atoms with Gasteiger partial charge < -0.3 is 4.90 Å². The molecule has 2 rings (SSSR count). The van der Waals surface area contributed by atoms with Crippen molar-refractivity contribution < 1.29 is 21.6 Å². The van der Waals surface area contributed by atoms with Crippen molar-refractivity contribution in [3.8, 4) is 0 Å². The van der Waals surface area contributed by atoms with Crippen molar-refractivity contribution in [1.29, 1.82) is 0 Å². The first-order chi connectivity index (χ1) is 10.7. The van der Waals surface area contributed by atoms with E-state index >= 15 is 0 Å². The minimum absolute atomic E-state index is 0.234. The zero-order valence-corrected chi connectivity index (χ0v) is 13.8. The maximum Gasteiger partial charge on any atom is 0.416 e. The van der Waals surface area contributed by atoms with Crippen LogP contribution in [0.1, 0.15) is 31.7 Å². The molecule has 23 heavy (non-hydrogen) atoms. The molecular formula is C15H21F3N2O2S. The number of nitrogens with one attached hydrogen (secondary N) is 1. The van der Waals surface area contributed by atoms with Crippen LogP contribution in [0.25, 0.3) is 0 Å². The Morgan fingerprint density at radius 2 is 1.91 bits per heavy atom. The molecule has 1 aliphatic rings. The highest BCUT2D eigenvalue weighted by Gasteiger charge is 2.32. The van der Waals surface area contributed by atoms with Gasteiger partial charge in [-0.15, -0.1) is 0 Å². The normalized spacial score (nSPS) is 18.3. The number of alkyl halides is 3. The fourth-order valence-corrected chi connectivity index (χ4v) is 4.07. The van der Waals surface area contributed by atoms with Gasteiger partial charge in [0.2, 0.25) is 10.0 Å². The quantitative estimate of drug-likeness (QED) is 0.888. The van der Waals surface area contributed by atoms with Crippen LogP contribution in [0.4, 0.5) is 13.2 Å². The first-order valence-electron chi connectivity index (χ1n) is 7.64. The van der Waals surface area contributed by atoms with E-state index in [2.05, 4.69) is 16.5 Å². The zero-order chi connectivity index (χ0) is 17.1. The predicted octanol–water partition coefficient (Wildman–Crippen LogP) is 2.86. The molecule has 1 saturated heterocycles. The zero-order valence-electron chi connectivity index (χ0n) is 12.9. The first-order valence-corrected chi connectivity index (χ1v) is 9.12.